The van der Waals surface area contributed by atoms with Gasteiger partial charge in [-0.2, -0.15) is 0 Å². The third kappa shape index (κ3) is 6.32. The zero-order valence-corrected chi connectivity index (χ0v) is 11.8. The highest BCUT2D eigenvalue weighted by Crippen LogP contribution is 2.08. The lowest BCUT2D eigenvalue weighted by Crippen LogP contribution is -2.49. The van der Waals surface area contributed by atoms with E-state index in [1.807, 2.05) is 0 Å². The van der Waals surface area contributed by atoms with E-state index in [2.05, 4.69) is 30.0 Å². The van der Waals surface area contributed by atoms with Crippen LogP contribution in [0.5, 0.6) is 0 Å². The molecule has 1 N–H and O–H groups in total. The van der Waals surface area contributed by atoms with Crippen LogP contribution in [0, 0.1) is 12.3 Å². The summed E-state index contributed by atoms with van der Waals surface area (Å²) < 4.78 is 5.74. The minimum absolute atomic E-state index is 0.337. The summed E-state index contributed by atoms with van der Waals surface area (Å²) in [6.45, 7) is 9.40. The number of hydrogen-bond donors (Lipinski definition) is 1. The average Bonchev–Trinajstić information content (AvgIpc) is 2.34. The Balaban J connectivity index is 2.05. The molecule has 1 saturated heterocycles. The van der Waals surface area contributed by atoms with Gasteiger partial charge in [-0.05, 0) is 13.8 Å². The van der Waals surface area contributed by atoms with Gasteiger partial charge in [0.25, 0.3) is 0 Å². The van der Waals surface area contributed by atoms with Crippen molar-refractivity contribution in [1.82, 2.24) is 10.2 Å². The molecule has 1 heterocycles. The molecule has 0 aromatic rings. The molecule has 0 aromatic carbocycles. The first-order chi connectivity index (χ1) is 8.24. The second-order valence-corrected chi connectivity index (χ2v) is 5.65. The molecule has 17 heavy (non-hydrogen) atoms. The number of terminal acetylenes is 1. The SMILES string of the molecule is C#CCSCCNCC1CN(C(C)C)CCO1. The van der Waals surface area contributed by atoms with E-state index in [4.69, 9.17) is 11.2 Å². The molecule has 0 aliphatic carbocycles. The smallest absolute Gasteiger partial charge is 0.0826 e. The highest BCUT2D eigenvalue weighted by atomic mass is 32.2. The minimum Gasteiger partial charge on any atom is -0.374 e. The number of thioether (sulfide) groups is 1. The van der Waals surface area contributed by atoms with Gasteiger partial charge in [-0.25, -0.2) is 0 Å². The first-order valence-corrected chi connectivity index (χ1v) is 7.47. The molecule has 3 nitrogen and oxygen atoms in total. The van der Waals surface area contributed by atoms with Gasteiger partial charge >= 0.3 is 0 Å². The van der Waals surface area contributed by atoms with Gasteiger partial charge in [-0.15, -0.1) is 18.2 Å². The summed E-state index contributed by atoms with van der Waals surface area (Å²) in [4.78, 5) is 2.48. The highest BCUT2D eigenvalue weighted by molar-refractivity contribution is 7.99. The van der Waals surface area contributed by atoms with Crippen LogP contribution >= 0.6 is 11.8 Å². The molecule has 1 aliphatic rings. The van der Waals surface area contributed by atoms with Gasteiger partial charge in [-0.3, -0.25) is 4.90 Å². The van der Waals surface area contributed by atoms with Crippen LogP contribution in [0.15, 0.2) is 0 Å². The van der Waals surface area contributed by atoms with Crippen molar-refractivity contribution in [2.75, 3.05) is 44.3 Å². The lowest BCUT2D eigenvalue weighted by atomic mass is 10.2. The molecular weight excluding hydrogens is 232 g/mol. The van der Waals surface area contributed by atoms with Crippen LogP contribution in [-0.2, 0) is 4.74 Å². The third-order valence-electron chi connectivity index (χ3n) is 2.88. The normalized spacial score (nSPS) is 21.6. The highest BCUT2D eigenvalue weighted by Gasteiger charge is 2.21. The van der Waals surface area contributed by atoms with Gasteiger partial charge in [0.15, 0.2) is 0 Å². The summed E-state index contributed by atoms with van der Waals surface area (Å²) >= 11 is 1.80. The predicted octanol–water partition coefficient (Wildman–Crippen LogP) is 1.05. The predicted molar refractivity (Wildman–Crippen MR) is 75.5 cm³/mol. The number of rotatable bonds is 7. The maximum absolute atomic E-state index is 5.74. The summed E-state index contributed by atoms with van der Waals surface area (Å²) in [6.07, 6.45) is 5.52. The van der Waals surface area contributed by atoms with Gasteiger partial charge in [0, 0.05) is 38.0 Å². The quantitative estimate of drug-likeness (QED) is 0.544. The third-order valence-corrected chi connectivity index (χ3v) is 3.74. The first-order valence-electron chi connectivity index (χ1n) is 6.31. The molecule has 1 fully saturated rings. The molecule has 0 radical (unpaired) electrons. The Hall–Kier alpha value is -0.210. The van der Waals surface area contributed by atoms with Crippen molar-refractivity contribution in [1.29, 1.82) is 0 Å². The fourth-order valence-corrected chi connectivity index (χ4v) is 2.42. The standard InChI is InChI=1S/C13H24N2OS/c1-4-8-17-9-5-14-10-13-11-15(12(2)3)6-7-16-13/h1,12-14H,5-11H2,2-3H3. The van der Waals surface area contributed by atoms with E-state index in [-0.39, 0.29) is 0 Å². The molecule has 0 aromatic heterocycles. The van der Waals surface area contributed by atoms with E-state index >= 15 is 0 Å². The second kappa shape index (κ2) is 8.82. The number of hydrogen-bond acceptors (Lipinski definition) is 4. The van der Waals surface area contributed by atoms with Crippen molar-refractivity contribution < 1.29 is 4.74 Å². The zero-order valence-electron chi connectivity index (χ0n) is 10.9. The van der Waals surface area contributed by atoms with Crippen LogP contribution in [-0.4, -0.2) is 61.3 Å². The van der Waals surface area contributed by atoms with E-state index in [0.717, 1.165) is 44.3 Å². The summed E-state index contributed by atoms with van der Waals surface area (Å²) in [5.41, 5.74) is 0. The van der Waals surface area contributed by atoms with Gasteiger partial charge in [-0.1, -0.05) is 5.92 Å². The Morgan fingerprint density at radius 2 is 2.41 bits per heavy atom. The largest absolute Gasteiger partial charge is 0.374 e. The second-order valence-electron chi connectivity index (χ2n) is 4.54. The Labute approximate surface area is 110 Å². The Morgan fingerprint density at radius 3 is 3.12 bits per heavy atom. The fraction of sp³-hybridized carbons (Fsp3) is 0.846. The minimum atomic E-state index is 0.337. The van der Waals surface area contributed by atoms with Crippen LogP contribution < -0.4 is 5.32 Å². The van der Waals surface area contributed by atoms with Crippen molar-refractivity contribution in [3.8, 4) is 12.3 Å². The molecule has 0 spiro atoms. The fourth-order valence-electron chi connectivity index (χ4n) is 1.87. The molecule has 1 unspecified atom stereocenters. The summed E-state index contributed by atoms with van der Waals surface area (Å²) in [6, 6.07) is 0.618. The topological polar surface area (TPSA) is 24.5 Å². The molecule has 1 aliphatic heterocycles. The van der Waals surface area contributed by atoms with Crippen LogP contribution in [0.1, 0.15) is 13.8 Å². The molecule has 0 saturated carbocycles. The summed E-state index contributed by atoms with van der Waals surface area (Å²) in [5, 5.41) is 3.43. The monoisotopic (exact) mass is 256 g/mol. The van der Waals surface area contributed by atoms with E-state index < -0.39 is 0 Å². The van der Waals surface area contributed by atoms with Crippen molar-refractivity contribution in [3.05, 3.63) is 0 Å². The van der Waals surface area contributed by atoms with Gasteiger partial charge in [0.1, 0.15) is 0 Å². The van der Waals surface area contributed by atoms with E-state index in [1.165, 1.54) is 0 Å². The zero-order chi connectivity index (χ0) is 12.5. The van der Waals surface area contributed by atoms with Gasteiger partial charge in [0.2, 0.25) is 0 Å². The lowest BCUT2D eigenvalue weighted by Gasteiger charge is -2.35. The molecular formula is C13H24N2OS. The maximum Gasteiger partial charge on any atom is 0.0826 e. The number of ether oxygens (including phenoxy) is 1. The lowest BCUT2D eigenvalue weighted by molar-refractivity contribution is -0.0368. The van der Waals surface area contributed by atoms with Crippen molar-refractivity contribution >= 4 is 11.8 Å². The Kier molecular flexibility index (Phi) is 7.70. The summed E-state index contributed by atoms with van der Waals surface area (Å²) in [7, 11) is 0. The van der Waals surface area contributed by atoms with E-state index in [9.17, 15) is 0 Å². The van der Waals surface area contributed by atoms with E-state index in [1.54, 1.807) is 11.8 Å². The van der Waals surface area contributed by atoms with Gasteiger partial charge < -0.3 is 10.1 Å². The van der Waals surface area contributed by atoms with Crippen molar-refractivity contribution in [2.24, 2.45) is 0 Å². The van der Waals surface area contributed by atoms with Gasteiger partial charge in [0.05, 0.1) is 18.5 Å². The Morgan fingerprint density at radius 1 is 1.59 bits per heavy atom. The molecule has 1 rings (SSSR count). The molecule has 0 bridgehead atoms. The van der Waals surface area contributed by atoms with Crippen molar-refractivity contribution in [2.45, 2.75) is 26.0 Å². The van der Waals surface area contributed by atoms with Crippen molar-refractivity contribution in [3.63, 3.8) is 0 Å². The number of nitrogens with zero attached hydrogens (tertiary/aromatic N) is 1. The maximum atomic E-state index is 5.74. The molecule has 1 atom stereocenters. The van der Waals surface area contributed by atoms with Crippen LogP contribution in [0.2, 0.25) is 0 Å². The average molecular weight is 256 g/mol. The van der Waals surface area contributed by atoms with Crippen LogP contribution in [0.25, 0.3) is 0 Å². The number of morpholine rings is 1. The first kappa shape index (κ1) is 14.8. The molecule has 0 amide bonds. The van der Waals surface area contributed by atoms with Crippen LogP contribution in [0.4, 0.5) is 0 Å². The molecule has 98 valence electrons. The molecule has 4 heteroatoms. The summed E-state index contributed by atoms with van der Waals surface area (Å²) in [5.74, 6) is 4.51. The van der Waals surface area contributed by atoms with E-state index in [0.29, 0.717) is 12.1 Å². The Bertz CT molecular complexity index is 240. The van der Waals surface area contributed by atoms with Crippen LogP contribution in [0.3, 0.4) is 0 Å². The number of nitrogens with one attached hydrogen (secondary N) is 1.